The normalized spacial score (nSPS) is 11.0. The van der Waals surface area contributed by atoms with E-state index in [0.717, 1.165) is 22.9 Å². The zero-order chi connectivity index (χ0) is 19.8. The van der Waals surface area contributed by atoms with Gasteiger partial charge < -0.3 is 19.9 Å². The van der Waals surface area contributed by atoms with Gasteiger partial charge in [-0.25, -0.2) is 4.98 Å². The zero-order valence-electron chi connectivity index (χ0n) is 16.4. The first-order valence-corrected chi connectivity index (χ1v) is 8.47. The van der Waals surface area contributed by atoms with Gasteiger partial charge in [0.15, 0.2) is 5.96 Å². The van der Waals surface area contributed by atoms with E-state index < -0.39 is 6.61 Å². The standard InChI is InChI=1S/C19H25F2N5O.HI/c1-22-19(24-12-15-9-10-23-17(11-15)25(2)3)26(4)13-14-5-7-16(8-6-14)27-18(20)21;/h5-11,18H,12-13H2,1-4H3,(H,22,24);1H. The molecule has 1 aromatic carbocycles. The van der Waals surface area contributed by atoms with E-state index >= 15 is 0 Å². The minimum absolute atomic E-state index is 0. The molecule has 9 heteroatoms. The second kappa shape index (κ2) is 11.6. The number of aromatic nitrogens is 1. The molecule has 0 fully saturated rings. The van der Waals surface area contributed by atoms with Crippen LogP contribution in [0.3, 0.4) is 0 Å². The number of guanidine groups is 1. The Labute approximate surface area is 181 Å². The first-order valence-electron chi connectivity index (χ1n) is 8.47. The molecule has 6 nitrogen and oxygen atoms in total. The van der Waals surface area contributed by atoms with Crippen LogP contribution in [-0.2, 0) is 13.1 Å². The van der Waals surface area contributed by atoms with Crippen LogP contribution in [0.4, 0.5) is 14.6 Å². The summed E-state index contributed by atoms with van der Waals surface area (Å²) in [5, 5.41) is 3.32. The third kappa shape index (κ3) is 7.45. The van der Waals surface area contributed by atoms with Crippen molar-refractivity contribution < 1.29 is 13.5 Å². The van der Waals surface area contributed by atoms with Crippen LogP contribution in [-0.4, -0.2) is 50.6 Å². The van der Waals surface area contributed by atoms with E-state index in [0.29, 0.717) is 13.1 Å². The minimum Gasteiger partial charge on any atom is -0.435 e. The number of halogens is 3. The molecule has 0 aliphatic heterocycles. The summed E-state index contributed by atoms with van der Waals surface area (Å²) in [5.74, 6) is 1.77. The summed E-state index contributed by atoms with van der Waals surface area (Å²) in [4.78, 5) is 12.5. The maximum atomic E-state index is 12.2. The molecule has 0 radical (unpaired) electrons. The van der Waals surface area contributed by atoms with Crippen LogP contribution in [0.1, 0.15) is 11.1 Å². The van der Waals surface area contributed by atoms with Crippen LogP contribution in [0, 0.1) is 0 Å². The van der Waals surface area contributed by atoms with Crippen molar-refractivity contribution in [2.24, 2.45) is 4.99 Å². The van der Waals surface area contributed by atoms with Gasteiger partial charge in [0, 0.05) is 47.5 Å². The monoisotopic (exact) mass is 505 g/mol. The first kappa shape index (κ1) is 23.9. The first-order chi connectivity index (χ1) is 12.9. The van der Waals surface area contributed by atoms with Crippen molar-refractivity contribution in [3.63, 3.8) is 0 Å². The number of benzene rings is 1. The molecule has 28 heavy (non-hydrogen) atoms. The van der Waals surface area contributed by atoms with Crippen molar-refractivity contribution in [1.29, 1.82) is 0 Å². The van der Waals surface area contributed by atoms with E-state index in [1.165, 1.54) is 12.1 Å². The average Bonchev–Trinajstić information content (AvgIpc) is 2.63. The summed E-state index contributed by atoms with van der Waals surface area (Å²) in [6, 6.07) is 10.6. The SMILES string of the molecule is CN=C(NCc1ccnc(N(C)C)c1)N(C)Cc1ccc(OC(F)F)cc1.I. The molecule has 2 aromatic rings. The average molecular weight is 505 g/mol. The summed E-state index contributed by atoms with van der Waals surface area (Å²) < 4.78 is 28.8. The third-order valence-corrected chi connectivity index (χ3v) is 3.86. The topological polar surface area (TPSA) is 53.0 Å². The zero-order valence-corrected chi connectivity index (χ0v) is 18.7. The number of hydrogen-bond acceptors (Lipinski definition) is 4. The highest BCUT2D eigenvalue weighted by atomic mass is 127. The van der Waals surface area contributed by atoms with Gasteiger partial charge in [0.1, 0.15) is 11.6 Å². The third-order valence-electron chi connectivity index (χ3n) is 3.86. The van der Waals surface area contributed by atoms with Crippen LogP contribution >= 0.6 is 24.0 Å². The Bertz CT molecular complexity index is 756. The van der Waals surface area contributed by atoms with E-state index in [1.807, 2.05) is 43.1 Å². The molecule has 1 N–H and O–H groups in total. The molecule has 0 aliphatic carbocycles. The quantitative estimate of drug-likeness (QED) is 0.355. The summed E-state index contributed by atoms with van der Waals surface area (Å²) in [6.45, 7) is -1.63. The van der Waals surface area contributed by atoms with Crippen molar-refractivity contribution in [1.82, 2.24) is 15.2 Å². The van der Waals surface area contributed by atoms with E-state index in [-0.39, 0.29) is 29.7 Å². The van der Waals surface area contributed by atoms with E-state index in [1.54, 1.807) is 25.4 Å². The molecule has 0 amide bonds. The van der Waals surface area contributed by atoms with Gasteiger partial charge in [-0.3, -0.25) is 4.99 Å². The molecular weight excluding hydrogens is 479 g/mol. The molecule has 2 rings (SSSR count). The minimum atomic E-state index is -2.82. The number of hydrogen-bond donors (Lipinski definition) is 1. The number of alkyl halides is 2. The van der Waals surface area contributed by atoms with Crippen LogP contribution < -0.4 is 15.0 Å². The predicted molar refractivity (Wildman–Crippen MR) is 119 cm³/mol. The maximum Gasteiger partial charge on any atom is 0.387 e. The Kier molecular flexibility index (Phi) is 9.91. The van der Waals surface area contributed by atoms with Gasteiger partial charge in [-0.15, -0.1) is 24.0 Å². The lowest BCUT2D eigenvalue weighted by Gasteiger charge is -2.22. The van der Waals surface area contributed by atoms with Crippen LogP contribution in [0.25, 0.3) is 0 Å². The van der Waals surface area contributed by atoms with Crippen molar-refractivity contribution in [2.45, 2.75) is 19.7 Å². The number of nitrogens with zero attached hydrogens (tertiary/aromatic N) is 4. The fourth-order valence-corrected chi connectivity index (χ4v) is 2.51. The Morgan fingerprint density at radius 3 is 2.39 bits per heavy atom. The molecule has 0 saturated carbocycles. The molecular formula is C19H26F2IN5O. The summed E-state index contributed by atoms with van der Waals surface area (Å²) >= 11 is 0. The lowest BCUT2D eigenvalue weighted by atomic mass is 10.2. The Balaban J connectivity index is 0.00000392. The van der Waals surface area contributed by atoms with Gasteiger partial charge >= 0.3 is 6.61 Å². The molecule has 0 aliphatic rings. The Morgan fingerprint density at radius 2 is 1.82 bits per heavy atom. The molecule has 0 atom stereocenters. The van der Waals surface area contributed by atoms with Crippen LogP contribution in [0.15, 0.2) is 47.6 Å². The summed E-state index contributed by atoms with van der Waals surface area (Å²) in [5.41, 5.74) is 2.05. The maximum absolute atomic E-state index is 12.2. The smallest absolute Gasteiger partial charge is 0.387 e. The van der Waals surface area contributed by atoms with Crippen LogP contribution in [0.2, 0.25) is 0 Å². The number of ether oxygens (including phenoxy) is 1. The van der Waals surface area contributed by atoms with E-state index in [4.69, 9.17) is 0 Å². The highest BCUT2D eigenvalue weighted by Gasteiger charge is 2.09. The highest BCUT2D eigenvalue weighted by Crippen LogP contribution is 2.16. The molecule has 1 heterocycles. The molecule has 0 bridgehead atoms. The van der Waals surface area contributed by atoms with Gasteiger partial charge in [0.25, 0.3) is 0 Å². The lowest BCUT2D eigenvalue weighted by molar-refractivity contribution is -0.0498. The van der Waals surface area contributed by atoms with Gasteiger partial charge in [-0.2, -0.15) is 8.78 Å². The van der Waals surface area contributed by atoms with Gasteiger partial charge in [0.2, 0.25) is 0 Å². The Hall–Kier alpha value is -2.17. The summed E-state index contributed by atoms with van der Waals surface area (Å²) in [6.07, 6.45) is 1.78. The van der Waals surface area contributed by atoms with Crippen molar-refractivity contribution in [3.8, 4) is 5.75 Å². The number of aliphatic imine (C=N–C) groups is 1. The number of nitrogens with one attached hydrogen (secondary N) is 1. The van der Waals surface area contributed by atoms with E-state index in [2.05, 4.69) is 20.0 Å². The second-order valence-corrected chi connectivity index (χ2v) is 6.20. The highest BCUT2D eigenvalue weighted by molar-refractivity contribution is 14.0. The largest absolute Gasteiger partial charge is 0.435 e. The van der Waals surface area contributed by atoms with Gasteiger partial charge in [0.05, 0.1) is 0 Å². The number of pyridine rings is 1. The molecule has 154 valence electrons. The van der Waals surface area contributed by atoms with E-state index in [9.17, 15) is 8.78 Å². The second-order valence-electron chi connectivity index (χ2n) is 6.20. The van der Waals surface area contributed by atoms with Crippen molar-refractivity contribution >= 4 is 35.8 Å². The Morgan fingerprint density at radius 1 is 1.14 bits per heavy atom. The van der Waals surface area contributed by atoms with Crippen molar-refractivity contribution in [2.75, 3.05) is 33.1 Å². The van der Waals surface area contributed by atoms with Crippen molar-refractivity contribution in [3.05, 3.63) is 53.7 Å². The lowest BCUT2D eigenvalue weighted by Crippen LogP contribution is -2.38. The van der Waals surface area contributed by atoms with Crippen LogP contribution in [0.5, 0.6) is 5.75 Å². The molecule has 0 spiro atoms. The molecule has 0 saturated heterocycles. The molecule has 0 unspecified atom stereocenters. The van der Waals surface area contributed by atoms with Gasteiger partial charge in [-0.05, 0) is 35.4 Å². The predicted octanol–water partition coefficient (Wildman–Crippen LogP) is 3.57. The fourth-order valence-electron chi connectivity index (χ4n) is 2.51. The summed E-state index contributed by atoms with van der Waals surface area (Å²) in [7, 11) is 7.53. The number of rotatable bonds is 7. The van der Waals surface area contributed by atoms with Gasteiger partial charge in [-0.1, -0.05) is 12.1 Å². The fraction of sp³-hybridized carbons (Fsp3) is 0.368. The molecule has 1 aromatic heterocycles. The number of anilines is 1.